The monoisotopic (exact) mass is 303 g/mol. The van der Waals surface area contributed by atoms with Crippen molar-refractivity contribution in [2.24, 2.45) is 0 Å². The van der Waals surface area contributed by atoms with E-state index in [1.807, 2.05) is 0 Å². The third kappa shape index (κ3) is 4.57. The summed E-state index contributed by atoms with van der Waals surface area (Å²) in [5.41, 5.74) is 0.0593. The van der Waals surface area contributed by atoms with Crippen LogP contribution in [0, 0.1) is 5.82 Å². The number of benzene rings is 1. The van der Waals surface area contributed by atoms with E-state index in [-0.39, 0.29) is 12.1 Å². The highest BCUT2D eigenvalue weighted by Gasteiger charge is 2.28. The van der Waals surface area contributed by atoms with Crippen molar-refractivity contribution >= 4 is 15.7 Å². The molecule has 0 aliphatic rings. The summed E-state index contributed by atoms with van der Waals surface area (Å²) in [7, 11) is -2.29. The number of hydrogen-bond donors (Lipinski definition) is 1. The van der Waals surface area contributed by atoms with Gasteiger partial charge in [-0.15, -0.1) is 0 Å². The van der Waals surface area contributed by atoms with Crippen LogP contribution in [-0.4, -0.2) is 39.8 Å². The molecule has 0 radical (unpaired) electrons. The molecule has 1 unspecified atom stereocenters. The number of nitrogens with one attached hydrogen (secondary N) is 1. The molecule has 0 saturated heterocycles. The minimum atomic E-state index is -3.77. The van der Waals surface area contributed by atoms with Gasteiger partial charge < -0.3 is 10.1 Å². The number of rotatable bonds is 7. The van der Waals surface area contributed by atoms with Crippen LogP contribution in [0.15, 0.2) is 24.3 Å². The van der Waals surface area contributed by atoms with E-state index in [1.54, 1.807) is 6.07 Å². The summed E-state index contributed by atoms with van der Waals surface area (Å²) in [5, 5.41) is 1.22. The molecular formula is C13H18FNO4S. The van der Waals surface area contributed by atoms with E-state index >= 15 is 0 Å². The molecule has 1 rings (SSSR count). The molecule has 0 saturated carbocycles. The Bertz CT molecular complexity index is 559. The quantitative estimate of drug-likeness (QED) is 0.759. The van der Waals surface area contributed by atoms with Crippen LogP contribution in [0.1, 0.15) is 12.5 Å². The Morgan fingerprint density at radius 1 is 1.40 bits per heavy atom. The molecule has 0 fully saturated rings. The average molecular weight is 303 g/mol. The zero-order chi connectivity index (χ0) is 15.2. The van der Waals surface area contributed by atoms with E-state index < -0.39 is 32.6 Å². The Kier molecular flexibility index (Phi) is 6.09. The molecule has 1 aromatic carbocycles. The predicted molar refractivity (Wildman–Crippen MR) is 73.4 cm³/mol. The number of carbonyl (C=O) groups excluding carboxylic acids is 1. The van der Waals surface area contributed by atoms with Crippen molar-refractivity contribution in [1.82, 2.24) is 5.32 Å². The summed E-state index contributed by atoms with van der Waals surface area (Å²) in [6.45, 7) is 1.82. The van der Waals surface area contributed by atoms with E-state index in [2.05, 4.69) is 5.32 Å². The van der Waals surface area contributed by atoms with Gasteiger partial charge >= 0.3 is 0 Å². The lowest BCUT2D eigenvalue weighted by atomic mass is 10.2. The molecule has 5 nitrogen and oxygen atoms in total. The Balaban J connectivity index is 2.73. The summed E-state index contributed by atoms with van der Waals surface area (Å²) in [6.07, 6.45) is 0. The summed E-state index contributed by atoms with van der Waals surface area (Å²) in [5.74, 6) is -1.71. The van der Waals surface area contributed by atoms with Crippen molar-refractivity contribution in [1.29, 1.82) is 0 Å². The van der Waals surface area contributed by atoms with Crippen molar-refractivity contribution in [3.63, 3.8) is 0 Å². The Labute approximate surface area is 118 Å². The standard InChI is InChI=1S/C13H18FNO4S/c1-10(13(16)15-7-8-19-2)20(17,18)9-11-5-3-4-6-12(11)14/h3-6,10H,7-9H2,1-2H3,(H,15,16). The lowest BCUT2D eigenvalue weighted by molar-refractivity contribution is -0.120. The van der Waals surface area contributed by atoms with E-state index in [1.165, 1.54) is 32.2 Å². The van der Waals surface area contributed by atoms with Crippen molar-refractivity contribution < 1.29 is 22.3 Å². The van der Waals surface area contributed by atoms with E-state index in [0.29, 0.717) is 6.61 Å². The van der Waals surface area contributed by atoms with Crippen molar-refractivity contribution in [3.05, 3.63) is 35.6 Å². The van der Waals surface area contributed by atoms with Gasteiger partial charge in [-0.3, -0.25) is 4.79 Å². The van der Waals surface area contributed by atoms with Crippen molar-refractivity contribution in [3.8, 4) is 0 Å². The molecule has 0 spiro atoms. The second-order valence-electron chi connectivity index (χ2n) is 4.32. The van der Waals surface area contributed by atoms with Gasteiger partial charge in [0.15, 0.2) is 9.84 Å². The first-order valence-electron chi connectivity index (χ1n) is 6.10. The Hall–Kier alpha value is -1.47. The zero-order valence-corrected chi connectivity index (χ0v) is 12.2. The van der Waals surface area contributed by atoms with E-state index in [9.17, 15) is 17.6 Å². The van der Waals surface area contributed by atoms with Crippen LogP contribution in [-0.2, 0) is 25.1 Å². The fourth-order valence-corrected chi connectivity index (χ4v) is 2.87. The number of carbonyl (C=O) groups is 1. The molecular weight excluding hydrogens is 285 g/mol. The molecule has 1 aromatic rings. The molecule has 1 atom stereocenters. The van der Waals surface area contributed by atoms with Crippen LogP contribution < -0.4 is 5.32 Å². The highest BCUT2D eigenvalue weighted by molar-refractivity contribution is 7.92. The van der Waals surface area contributed by atoms with Gasteiger partial charge in [-0.05, 0) is 13.0 Å². The number of ether oxygens (including phenoxy) is 1. The first kappa shape index (κ1) is 16.6. The summed E-state index contributed by atoms with van der Waals surface area (Å²) in [4.78, 5) is 11.7. The van der Waals surface area contributed by atoms with Gasteiger partial charge in [0, 0.05) is 19.2 Å². The molecule has 1 amide bonds. The first-order valence-corrected chi connectivity index (χ1v) is 7.81. The number of hydrogen-bond acceptors (Lipinski definition) is 4. The molecule has 0 heterocycles. The fourth-order valence-electron chi connectivity index (χ4n) is 1.54. The third-order valence-corrected chi connectivity index (χ3v) is 4.83. The number of sulfone groups is 1. The Morgan fingerprint density at radius 2 is 2.05 bits per heavy atom. The number of amides is 1. The largest absolute Gasteiger partial charge is 0.383 e. The van der Waals surface area contributed by atoms with Gasteiger partial charge in [0.1, 0.15) is 11.1 Å². The molecule has 112 valence electrons. The summed E-state index contributed by atoms with van der Waals surface area (Å²) >= 11 is 0. The summed E-state index contributed by atoms with van der Waals surface area (Å²) < 4.78 is 42.3. The summed E-state index contributed by atoms with van der Waals surface area (Å²) in [6, 6.07) is 5.61. The second kappa shape index (κ2) is 7.35. The van der Waals surface area contributed by atoms with Crippen LogP contribution in [0.2, 0.25) is 0 Å². The SMILES string of the molecule is COCCNC(=O)C(C)S(=O)(=O)Cc1ccccc1F. The second-order valence-corrected chi connectivity index (χ2v) is 6.65. The fraction of sp³-hybridized carbons (Fsp3) is 0.462. The lowest BCUT2D eigenvalue weighted by Gasteiger charge is -2.13. The highest BCUT2D eigenvalue weighted by atomic mass is 32.2. The topological polar surface area (TPSA) is 72.5 Å². The molecule has 0 bridgehead atoms. The van der Waals surface area contributed by atoms with Crippen molar-refractivity contribution in [2.45, 2.75) is 17.9 Å². The molecule has 7 heteroatoms. The molecule has 0 aliphatic heterocycles. The van der Waals surface area contributed by atoms with Crippen molar-refractivity contribution in [2.75, 3.05) is 20.3 Å². The maximum Gasteiger partial charge on any atom is 0.238 e. The van der Waals surface area contributed by atoms with Gasteiger partial charge in [0.2, 0.25) is 5.91 Å². The van der Waals surface area contributed by atoms with Gasteiger partial charge in [0.05, 0.1) is 12.4 Å². The Morgan fingerprint density at radius 3 is 2.65 bits per heavy atom. The predicted octanol–water partition coefficient (Wildman–Crippen LogP) is 0.892. The number of halogens is 1. The van der Waals surface area contributed by atoms with Crippen LogP contribution in [0.4, 0.5) is 4.39 Å². The maximum absolute atomic E-state index is 13.5. The smallest absolute Gasteiger partial charge is 0.238 e. The van der Waals surface area contributed by atoms with E-state index in [0.717, 1.165) is 0 Å². The molecule has 0 aromatic heterocycles. The third-order valence-electron chi connectivity index (χ3n) is 2.83. The van der Waals surface area contributed by atoms with E-state index in [4.69, 9.17) is 4.74 Å². The lowest BCUT2D eigenvalue weighted by Crippen LogP contribution is -2.39. The molecule has 1 N–H and O–H groups in total. The van der Waals surface area contributed by atoms with Gasteiger partial charge in [-0.1, -0.05) is 18.2 Å². The van der Waals surface area contributed by atoms with Gasteiger partial charge in [-0.2, -0.15) is 0 Å². The minimum Gasteiger partial charge on any atom is -0.383 e. The molecule has 0 aliphatic carbocycles. The molecule has 20 heavy (non-hydrogen) atoms. The van der Waals surface area contributed by atoms with Gasteiger partial charge in [0.25, 0.3) is 0 Å². The zero-order valence-electron chi connectivity index (χ0n) is 11.4. The number of methoxy groups -OCH3 is 1. The van der Waals surface area contributed by atoms with Crippen LogP contribution in [0.3, 0.4) is 0 Å². The van der Waals surface area contributed by atoms with Crippen LogP contribution >= 0.6 is 0 Å². The van der Waals surface area contributed by atoms with Crippen LogP contribution in [0.5, 0.6) is 0 Å². The van der Waals surface area contributed by atoms with Gasteiger partial charge in [-0.25, -0.2) is 12.8 Å². The average Bonchev–Trinajstić information content (AvgIpc) is 2.40. The highest BCUT2D eigenvalue weighted by Crippen LogP contribution is 2.14. The maximum atomic E-state index is 13.5. The van der Waals surface area contributed by atoms with Crippen LogP contribution in [0.25, 0.3) is 0 Å². The minimum absolute atomic E-state index is 0.0593. The first-order chi connectivity index (χ1) is 9.38. The normalized spacial score (nSPS) is 12.9.